The van der Waals surface area contributed by atoms with E-state index in [9.17, 15) is 13.5 Å². The molecular formula is C17H20O4S. The molecule has 0 spiro atoms. The summed E-state index contributed by atoms with van der Waals surface area (Å²) < 4.78 is 30.8. The van der Waals surface area contributed by atoms with Gasteiger partial charge in [-0.3, -0.25) is 0 Å². The van der Waals surface area contributed by atoms with Crippen molar-refractivity contribution in [1.82, 2.24) is 0 Å². The number of aryl methyl sites for hydroxylation is 1. The van der Waals surface area contributed by atoms with Gasteiger partial charge in [-0.15, -0.1) is 0 Å². The number of rotatable bonds is 5. The molecule has 0 aliphatic heterocycles. The van der Waals surface area contributed by atoms with Crippen LogP contribution in [0.3, 0.4) is 0 Å². The molecule has 2 aromatic carbocycles. The summed E-state index contributed by atoms with van der Waals surface area (Å²) in [4.78, 5) is 0.121. The number of benzene rings is 2. The number of hydrogen-bond acceptors (Lipinski definition) is 4. The fourth-order valence-electron chi connectivity index (χ4n) is 2.66. The van der Waals surface area contributed by atoms with Crippen molar-refractivity contribution in [2.75, 3.05) is 7.11 Å². The van der Waals surface area contributed by atoms with Crippen LogP contribution in [0.15, 0.2) is 59.5 Å². The lowest BCUT2D eigenvalue weighted by Gasteiger charge is -2.33. The molecule has 0 amide bonds. The summed E-state index contributed by atoms with van der Waals surface area (Å²) in [5, 5.41) is 10.9. The van der Waals surface area contributed by atoms with Gasteiger partial charge < -0.3 is 9.84 Å². The molecule has 22 heavy (non-hydrogen) atoms. The van der Waals surface area contributed by atoms with E-state index in [1.165, 1.54) is 26.2 Å². The lowest BCUT2D eigenvalue weighted by molar-refractivity contribution is -0.0458. The molecule has 0 bridgehead atoms. The lowest BCUT2D eigenvalue weighted by atomic mass is 9.92. The zero-order chi connectivity index (χ0) is 16.4. The maximum absolute atomic E-state index is 12.8. The second kappa shape index (κ2) is 6.20. The molecule has 5 heteroatoms. The van der Waals surface area contributed by atoms with E-state index in [-0.39, 0.29) is 4.90 Å². The average molecular weight is 320 g/mol. The first kappa shape index (κ1) is 16.7. The molecule has 0 radical (unpaired) electrons. The van der Waals surface area contributed by atoms with Crippen molar-refractivity contribution in [3.05, 3.63) is 65.7 Å². The highest BCUT2D eigenvalue weighted by Crippen LogP contribution is 2.34. The van der Waals surface area contributed by atoms with Gasteiger partial charge in [-0.05, 0) is 37.1 Å². The van der Waals surface area contributed by atoms with Gasteiger partial charge in [0.05, 0.1) is 4.90 Å². The van der Waals surface area contributed by atoms with Crippen molar-refractivity contribution < 1.29 is 18.3 Å². The lowest BCUT2D eigenvalue weighted by Crippen LogP contribution is -2.44. The van der Waals surface area contributed by atoms with Gasteiger partial charge in [-0.1, -0.05) is 42.5 Å². The third kappa shape index (κ3) is 2.92. The maximum Gasteiger partial charge on any atom is 0.208 e. The first-order valence-electron chi connectivity index (χ1n) is 6.92. The van der Waals surface area contributed by atoms with E-state index in [0.29, 0.717) is 5.56 Å². The van der Waals surface area contributed by atoms with Crippen molar-refractivity contribution in [2.45, 2.75) is 29.8 Å². The summed E-state index contributed by atoms with van der Waals surface area (Å²) in [6, 6.07) is 15.1. The SMILES string of the molecule is CO[C@H]([C@@](C)(O)c1ccccc1C)S(=O)(=O)c1ccccc1. The van der Waals surface area contributed by atoms with Crippen molar-refractivity contribution in [3.63, 3.8) is 0 Å². The first-order valence-corrected chi connectivity index (χ1v) is 8.46. The zero-order valence-corrected chi connectivity index (χ0v) is 13.7. The fraction of sp³-hybridized carbons (Fsp3) is 0.294. The molecule has 2 atom stereocenters. The smallest absolute Gasteiger partial charge is 0.208 e. The molecule has 0 saturated heterocycles. The molecule has 0 heterocycles. The Labute approximate surface area is 131 Å². The molecular weight excluding hydrogens is 300 g/mol. The van der Waals surface area contributed by atoms with Gasteiger partial charge in [0.25, 0.3) is 0 Å². The van der Waals surface area contributed by atoms with Gasteiger partial charge in [0.15, 0.2) is 5.44 Å². The number of methoxy groups -OCH3 is 1. The summed E-state index contributed by atoms with van der Waals surface area (Å²) >= 11 is 0. The Bertz CT molecular complexity index is 736. The van der Waals surface area contributed by atoms with Crippen LogP contribution in [0, 0.1) is 6.92 Å². The van der Waals surface area contributed by atoms with Crippen molar-refractivity contribution in [1.29, 1.82) is 0 Å². The van der Waals surface area contributed by atoms with E-state index in [1.807, 2.05) is 19.1 Å². The Kier molecular flexibility index (Phi) is 4.70. The van der Waals surface area contributed by atoms with Gasteiger partial charge >= 0.3 is 0 Å². The highest BCUT2D eigenvalue weighted by atomic mass is 32.2. The monoisotopic (exact) mass is 320 g/mol. The minimum absolute atomic E-state index is 0.121. The molecule has 0 aliphatic rings. The molecule has 0 saturated carbocycles. The standard InChI is InChI=1S/C17H20O4S/c1-13-9-7-8-12-15(13)17(2,18)16(21-3)22(19,20)14-10-5-4-6-11-14/h4-12,16,18H,1-3H3/t16-,17-/m0/s1. The molecule has 0 unspecified atom stereocenters. The third-order valence-electron chi connectivity index (χ3n) is 3.72. The van der Waals surface area contributed by atoms with Crippen LogP contribution in [0.1, 0.15) is 18.1 Å². The van der Waals surface area contributed by atoms with Crippen LogP contribution in [0.2, 0.25) is 0 Å². The van der Waals surface area contributed by atoms with Gasteiger partial charge in [-0.2, -0.15) is 0 Å². The maximum atomic E-state index is 12.8. The second-order valence-corrected chi connectivity index (χ2v) is 7.38. The summed E-state index contributed by atoms with van der Waals surface area (Å²) in [6.07, 6.45) is 0. The van der Waals surface area contributed by atoms with E-state index in [0.717, 1.165) is 5.56 Å². The summed E-state index contributed by atoms with van der Waals surface area (Å²) in [7, 11) is -2.56. The van der Waals surface area contributed by atoms with Crippen LogP contribution in [0.4, 0.5) is 0 Å². The van der Waals surface area contributed by atoms with Crippen LogP contribution in [0.25, 0.3) is 0 Å². The fourth-order valence-corrected chi connectivity index (χ4v) is 4.43. The van der Waals surface area contributed by atoms with Crippen molar-refractivity contribution in [3.8, 4) is 0 Å². The number of ether oxygens (including phenoxy) is 1. The molecule has 4 nitrogen and oxygen atoms in total. The van der Waals surface area contributed by atoms with Gasteiger partial charge in [0.2, 0.25) is 9.84 Å². The number of sulfone groups is 1. The number of aliphatic hydroxyl groups is 1. The largest absolute Gasteiger partial charge is 0.382 e. The van der Waals surface area contributed by atoms with E-state index in [4.69, 9.17) is 4.74 Å². The van der Waals surface area contributed by atoms with Crippen LogP contribution in [-0.2, 0) is 20.2 Å². The minimum Gasteiger partial charge on any atom is -0.382 e. The molecule has 0 aliphatic carbocycles. The molecule has 2 aromatic rings. The summed E-state index contributed by atoms with van der Waals surface area (Å²) in [5.41, 5.74) is -1.74. The van der Waals surface area contributed by atoms with Crippen LogP contribution >= 0.6 is 0 Å². The van der Waals surface area contributed by atoms with Crippen molar-refractivity contribution in [2.24, 2.45) is 0 Å². The minimum atomic E-state index is -3.85. The molecule has 0 aromatic heterocycles. The molecule has 0 fully saturated rings. The average Bonchev–Trinajstić information content (AvgIpc) is 2.48. The van der Waals surface area contributed by atoms with Crippen molar-refractivity contribution >= 4 is 9.84 Å². The Hall–Kier alpha value is -1.69. The Morgan fingerprint density at radius 3 is 2.14 bits per heavy atom. The van der Waals surface area contributed by atoms with E-state index in [1.54, 1.807) is 30.3 Å². The van der Waals surface area contributed by atoms with Gasteiger partial charge in [0, 0.05) is 7.11 Å². The topological polar surface area (TPSA) is 63.6 Å². The molecule has 118 valence electrons. The molecule has 1 N–H and O–H groups in total. The quantitative estimate of drug-likeness (QED) is 0.920. The highest BCUT2D eigenvalue weighted by Gasteiger charge is 2.44. The van der Waals surface area contributed by atoms with Gasteiger partial charge in [0.1, 0.15) is 5.60 Å². The van der Waals surface area contributed by atoms with E-state index in [2.05, 4.69) is 0 Å². The van der Waals surface area contributed by atoms with E-state index >= 15 is 0 Å². The highest BCUT2D eigenvalue weighted by molar-refractivity contribution is 7.92. The Morgan fingerprint density at radius 2 is 1.59 bits per heavy atom. The number of hydrogen-bond donors (Lipinski definition) is 1. The third-order valence-corrected chi connectivity index (χ3v) is 5.86. The normalized spacial score (nSPS) is 16.0. The molecule has 2 rings (SSSR count). The second-order valence-electron chi connectivity index (χ2n) is 5.39. The van der Waals surface area contributed by atoms with E-state index < -0.39 is 20.9 Å². The summed E-state index contributed by atoms with van der Waals surface area (Å²) in [6.45, 7) is 3.29. The summed E-state index contributed by atoms with van der Waals surface area (Å²) in [5.74, 6) is 0. The van der Waals surface area contributed by atoms with Crippen LogP contribution in [0.5, 0.6) is 0 Å². The van der Waals surface area contributed by atoms with Gasteiger partial charge in [-0.25, -0.2) is 8.42 Å². The Balaban J connectivity index is 2.54. The van der Waals surface area contributed by atoms with Crippen LogP contribution in [-0.4, -0.2) is 26.1 Å². The van der Waals surface area contributed by atoms with Crippen LogP contribution < -0.4 is 0 Å². The predicted octanol–water partition coefficient (Wildman–Crippen LogP) is 2.65. The first-order chi connectivity index (χ1) is 10.3. The predicted molar refractivity (Wildman–Crippen MR) is 85.2 cm³/mol. The Morgan fingerprint density at radius 1 is 1.05 bits per heavy atom. The zero-order valence-electron chi connectivity index (χ0n) is 12.9.